The molecule has 0 bridgehead atoms. The molecule has 56 valence electrons. The minimum Gasteiger partial charge on any atom is -0.322 e. The van der Waals surface area contributed by atoms with Crippen LogP contribution in [-0.2, 0) is 6.32 Å². The van der Waals surface area contributed by atoms with Gasteiger partial charge in [-0.1, -0.05) is 11.9 Å². The minimum atomic E-state index is 0.583. The van der Waals surface area contributed by atoms with Crippen molar-refractivity contribution in [3.63, 3.8) is 0 Å². The highest BCUT2D eigenvalue weighted by atomic mass is 27.0. The molecular formula is C8H8AlBN2. The lowest BCUT2D eigenvalue weighted by atomic mass is 9.98. The Labute approximate surface area is 80.4 Å². The number of fused-ring (bicyclic) bond motifs is 1. The van der Waals surface area contributed by atoms with Crippen molar-refractivity contribution >= 4 is 34.3 Å². The molecule has 0 amide bonds. The monoisotopic (exact) mass is 170 g/mol. The Kier molecular flexibility index (Phi) is 1.96. The third-order valence-corrected chi connectivity index (χ3v) is 2.74. The second kappa shape index (κ2) is 2.97. The summed E-state index contributed by atoms with van der Waals surface area (Å²) in [6.45, 7) is 0. The summed E-state index contributed by atoms with van der Waals surface area (Å²) in [5.74, 6) is 0. The van der Waals surface area contributed by atoms with E-state index in [9.17, 15) is 0 Å². The standard InChI is InChI=1S/C8H6BN2.Al.2H/c9-6-7-1-3-11-4-2-10-8(11)5-7;;;/h1-3,5H,6H2;;;. The summed E-state index contributed by atoms with van der Waals surface area (Å²) in [6, 6.07) is 4.07. The average Bonchev–Trinajstić information content (AvgIpc) is 2.47. The molecule has 4 heteroatoms. The Bertz CT molecular complexity index is 410. The van der Waals surface area contributed by atoms with Crippen molar-refractivity contribution in [3.05, 3.63) is 30.1 Å². The number of hydrogen-bond donors (Lipinski definition) is 0. The maximum atomic E-state index is 5.52. The Morgan fingerprint density at radius 2 is 2.42 bits per heavy atom. The molecule has 0 fully saturated rings. The highest BCUT2D eigenvalue weighted by Gasteiger charge is 1.97. The smallest absolute Gasteiger partial charge is 0.289 e. The van der Waals surface area contributed by atoms with Gasteiger partial charge in [-0.3, -0.25) is 0 Å². The molecule has 0 aliphatic carbocycles. The van der Waals surface area contributed by atoms with Gasteiger partial charge in [0.1, 0.15) is 5.65 Å². The summed E-state index contributed by atoms with van der Waals surface area (Å²) < 4.78 is 3.39. The van der Waals surface area contributed by atoms with Gasteiger partial charge in [-0.15, -0.1) is 0 Å². The Hall–Kier alpha value is -0.713. The van der Waals surface area contributed by atoms with E-state index in [0.717, 1.165) is 27.5 Å². The van der Waals surface area contributed by atoms with Crippen LogP contribution in [0.2, 0.25) is 0 Å². The van der Waals surface area contributed by atoms with Gasteiger partial charge in [0.2, 0.25) is 0 Å². The Balaban J connectivity index is 2.69. The fraction of sp³-hybridized carbons (Fsp3) is 0.125. The second-order valence-electron chi connectivity index (χ2n) is 2.87. The Morgan fingerprint density at radius 3 is 3.17 bits per heavy atom. The van der Waals surface area contributed by atoms with Crippen LogP contribution in [0.1, 0.15) is 5.56 Å². The van der Waals surface area contributed by atoms with Crippen LogP contribution >= 0.6 is 0 Å². The van der Waals surface area contributed by atoms with Gasteiger partial charge in [-0.2, -0.15) is 0 Å². The molecule has 0 spiro atoms. The quantitative estimate of drug-likeness (QED) is 0.515. The van der Waals surface area contributed by atoms with E-state index in [2.05, 4.69) is 9.38 Å². The average molecular weight is 170 g/mol. The van der Waals surface area contributed by atoms with E-state index < -0.39 is 0 Å². The third kappa shape index (κ3) is 1.18. The summed E-state index contributed by atoms with van der Waals surface area (Å²) in [4.78, 5) is 4.27. The van der Waals surface area contributed by atoms with Gasteiger partial charge in [0.15, 0.2) is 0 Å². The number of pyridine rings is 1. The van der Waals surface area contributed by atoms with Crippen LogP contribution in [0.5, 0.6) is 0 Å². The first-order valence-electron chi connectivity index (χ1n) is 3.94. The van der Waals surface area contributed by atoms with Gasteiger partial charge in [-0.25, -0.2) is 4.98 Å². The van der Waals surface area contributed by atoms with Gasteiger partial charge >= 0.3 is 0 Å². The zero-order valence-corrected chi connectivity index (χ0v) is 8.99. The predicted molar refractivity (Wildman–Crippen MR) is 52.8 cm³/mol. The maximum Gasteiger partial charge on any atom is 0.289 e. The molecule has 0 saturated carbocycles. The van der Waals surface area contributed by atoms with Crippen molar-refractivity contribution in [2.24, 2.45) is 0 Å². The molecule has 0 N–H and O–H groups in total. The first kappa shape index (κ1) is 7.91. The van der Waals surface area contributed by atoms with Gasteiger partial charge in [0.25, 0.3) is 16.3 Å². The van der Waals surface area contributed by atoms with Crippen molar-refractivity contribution in [2.45, 2.75) is 6.32 Å². The summed E-state index contributed by atoms with van der Waals surface area (Å²) in [7, 11) is 5.52. The maximum absolute atomic E-state index is 5.52. The largest absolute Gasteiger partial charge is 0.322 e. The second-order valence-corrected chi connectivity index (χ2v) is 3.89. The fourth-order valence-electron chi connectivity index (χ4n) is 1.28. The van der Waals surface area contributed by atoms with Crippen molar-refractivity contribution in [1.29, 1.82) is 0 Å². The molecule has 2 radical (unpaired) electrons. The first-order valence-corrected chi connectivity index (χ1v) is 4.94. The molecule has 0 saturated heterocycles. The third-order valence-electron chi connectivity index (χ3n) is 2.00. The lowest BCUT2D eigenvalue weighted by Crippen LogP contribution is -2.08. The zero-order chi connectivity index (χ0) is 8.55. The summed E-state index contributed by atoms with van der Waals surface area (Å²) in [6.07, 6.45) is 4.54. The van der Waals surface area contributed by atoms with Crippen molar-refractivity contribution in [3.8, 4) is 0 Å². The summed E-state index contributed by atoms with van der Waals surface area (Å²) >= 11 is 1.03. The number of rotatable bonds is 1. The first-order chi connectivity index (χ1) is 5.81. The van der Waals surface area contributed by atoms with E-state index in [1.54, 1.807) is 0 Å². The van der Waals surface area contributed by atoms with E-state index >= 15 is 0 Å². The lowest BCUT2D eigenvalue weighted by molar-refractivity contribution is 1.19. The van der Waals surface area contributed by atoms with Crippen molar-refractivity contribution in [1.82, 2.24) is 9.38 Å². The van der Waals surface area contributed by atoms with Crippen LogP contribution in [0.3, 0.4) is 0 Å². The molecule has 2 aromatic heterocycles. The number of nitrogens with zero attached hydrogens (tertiary/aromatic N) is 2. The van der Waals surface area contributed by atoms with Gasteiger partial charge in [-0.05, 0) is 16.7 Å². The molecule has 0 aliphatic heterocycles. The van der Waals surface area contributed by atoms with Crippen LogP contribution in [0.4, 0.5) is 0 Å². The SMILES string of the molecule is [B]Cc1ccn2[c]([AlH2])cnc2c1. The van der Waals surface area contributed by atoms with E-state index in [1.165, 1.54) is 4.56 Å². The Morgan fingerprint density at radius 1 is 1.58 bits per heavy atom. The molecular weight excluding hydrogens is 162 g/mol. The molecule has 0 atom stereocenters. The molecule has 2 nitrogen and oxygen atoms in total. The van der Waals surface area contributed by atoms with Crippen molar-refractivity contribution in [2.75, 3.05) is 0 Å². The lowest BCUT2D eigenvalue weighted by Gasteiger charge is -1.99. The highest BCUT2D eigenvalue weighted by molar-refractivity contribution is 6.31. The van der Waals surface area contributed by atoms with Gasteiger partial charge < -0.3 is 4.40 Å². The molecule has 0 aliphatic rings. The normalized spacial score (nSPS) is 10.7. The van der Waals surface area contributed by atoms with Crippen LogP contribution in [0.15, 0.2) is 24.5 Å². The molecule has 2 rings (SSSR count). The van der Waals surface area contributed by atoms with E-state index in [4.69, 9.17) is 7.85 Å². The van der Waals surface area contributed by atoms with Gasteiger partial charge in [0, 0.05) is 12.4 Å². The molecule has 2 aromatic rings. The number of hydrogen-bond acceptors (Lipinski definition) is 1. The van der Waals surface area contributed by atoms with Crippen LogP contribution < -0.4 is 4.56 Å². The minimum absolute atomic E-state index is 0.583. The van der Waals surface area contributed by atoms with E-state index in [0.29, 0.717) is 6.32 Å². The highest BCUT2D eigenvalue weighted by Crippen LogP contribution is 2.03. The van der Waals surface area contributed by atoms with Crippen LogP contribution in [-0.4, -0.2) is 33.5 Å². The van der Waals surface area contributed by atoms with Crippen LogP contribution in [0.25, 0.3) is 5.65 Å². The van der Waals surface area contributed by atoms with Gasteiger partial charge in [0.05, 0.1) is 7.85 Å². The van der Waals surface area contributed by atoms with Crippen molar-refractivity contribution < 1.29 is 0 Å². The summed E-state index contributed by atoms with van der Waals surface area (Å²) in [5.41, 5.74) is 2.14. The summed E-state index contributed by atoms with van der Waals surface area (Å²) in [5, 5.41) is 0. The number of aromatic nitrogens is 2. The zero-order valence-electron chi connectivity index (χ0n) is 6.99. The topological polar surface area (TPSA) is 17.3 Å². The molecule has 0 aromatic carbocycles. The van der Waals surface area contributed by atoms with Crippen LogP contribution in [0, 0.1) is 0 Å². The van der Waals surface area contributed by atoms with E-state index in [1.807, 2.05) is 24.5 Å². The van der Waals surface area contributed by atoms with E-state index in [-0.39, 0.29) is 0 Å². The fourth-order valence-corrected chi connectivity index (χ4v) is 1.78. The number of imidazole rings is 1. The predicted octanol–water partition coefficient (Wildman–Crippen LogP) is -0.739. The molecule has 0 unspecified atom stereocenters. The molecule has 12 heavy (non-hydrogen) atoms. The molecule has 2 heterocycles.